The van der Waals surface area contributed by atoms with Crippen molar-refractivity contribution in [3.05, 3.63) is 45.5 Å². The summed E-state index contributed by atoms with van der Waals surface area (Å²) in [5.41, 5.74) is 0.942. The molecule has 1 aromatic carbocycles. The van der Waals surface area contributed by atoms with Crippen LogP contribution in [0.3, 0.4) is 0 Å². The van der Waals surface area contributed by atoms with Crippen LogP contribution in [0.4, 0.5) is 0 Å². The fourth-order valence-electron chi connectivity index (χ4n) is 2.63. The molecule has 1 aliphatic carbocycles. The number of hydrogen-bond donors (Lipinski definition) is 1. The number of aromatic nitrogens is 2. The molecule has 1 fully saturated rings. The second kappa shape index (κ2) is 6.77. The summed E-state index contributed by atoms with van der Waals surface area (Å²) in [7, 11) is 0. The Morgan fingerprint density at radius 2 is 2.05 bits per heavy atom. The molecule has 3 rings (SSSR count). The number of hydrogen-bond acceptors (Lipinski definition) is 4. The van der Waals surface area contributed by atoms with Crippen molar-refractivity contribution in [3.63, 3.8) is 0 Å². The van der Waals surface area contributed by atoms with E-state index in [9.17, 15) is 0 Å². The third kappa shape index (κ3) is 3.96. The summed E-state index contributed by atoms with van der Waals surface area (Å²) >= 11 is 12.0. The Balaban J connectivity index is 1.59. The van der Waals surface area contributed by atoms with E-state index in [2.05, 4.69) is 15.5 Å². The first-order valence-electron chi connectivity index (χ1n) is 7.19. The lowest BCUT2D eigenvalue weighted by Crippen LogP contribution is -2.25. The third-order valence-corrected chi connectivity index (χ3v) is 4.36. The summed E-state index contributed by atoms with van der Waals surface area (Å²) in [5, 5.41) is 8.70. The highest BCUT2D eigenvalue weighted by molar-refractivity contribution is 6.35. The zero-order chi connectivity index (χ0) is 14.7. The van der Waals surface area contributed by atoms with Crippen molar-refractivity contribution in [2.24, 2.45) is 0 Å². The van der Waals surface area contributed by atoms with Crippen molar-refractivity contribution in [1.29, 1.82) is 0 Å². The summed E-state index contributed by atoms with van der Waals surface area (Å²) in [5.74, 6) is 1.27. The smallest absolute Gasteiger partial charge is 0.240 e. The van der Waals surface area contributed by atoms with Crippen molar-refractivity contribution in [1.82, 2.24) is 15.5 Å². The molecule has 1 heterocycles. The van der Waals surface area contributed by atoms with Gasteiger partial charge < -0.3 is 9.84 Å². The molecule has 2 aromatic rings. The minimum Gasteiger partial charge on any atom is -0.338 e. The van der Waals surface area contributed by atoms with Gasteiger partial charge in [0.25, 0.3) is 0 Å². The van der Waals surface area contributed by atoms with Crippen LogP contribution in [0, 0.1) is 0 Å². The highest BCUT2D eigenvalue weighted by atomic mass is 35.5. The molecule has 0 bridgehead atoms. The van der Waals surface area contributed by atoms with Crippen molar-refractivity contribution < 1.29 is 4.52 Å². The number of nitrogens with zero attached hydrogens (tertiary/aromatic N) is 2. The van der Waals surface area contributed by atoms with Crippen molar-refractivity contribution in [2.75, 3.05) is 0 Å². The maximum Gasteiger partial charge on any atom is 0.240 e. The molecule has 0 amide bonds. The lowest BCUT2D eigenvalue weighted by atomic mass is 10.1. The summed E-state index contributed by atoms with van der Waals surface area (Å²) in [6.07, 6.45) is 5.63. The third-order valence-electron chi connectivity index (χ3n) is 3.77. The first kappa shape index (κ1) is 14.8. The first-order chi connectivity index (χ1) is 10.2. The Hall–Kier alpha value is -1.10. The molecule has 0 atom stereocenters. The van der Waals surface area contributed by atoms with E-state index in [0.29, 0.717) is 40.8 Å². The number of rotatable bonds is 5. The Morgan fingerprint density at radius 3 is 2.81 bits per heavy atom. The van der Waals surface area contributed by atoms with E-state index in [4.69, 9.17) is 27.7 Å². The van der Waals surface area contributed by atoms with Crippen LogP contribution in [-0.2, 0) is 13.0 Å². The summed E-state index contributed by atoms with van der Waals surface area (Å²) in [4.78, 5) is 4.40. The largest absolute Gasteiger partial charge is 0.338 e. The number of benzene rings is 1. The van der Waals surface area contributed by atoms with Crippen LogP contribution >= 0.6 is 23.2 Å². The predicted molar refractivity (Wildman–Crippen MR) is 82.7 cm³/mol. The van der Waals surface area contributed by atoms with Crippen molar-refractivity contribution in [2.45, 2.75) is 44.7 Å². The zero-order valence-corrected chi connectivity index (χ0v) is 13.1. The fraction of sp³-hybridized carbons (Fsp3) is 0.467. The van der Waals surface area contributed by atoms with E-state index in [0.717, 1.165) is 5.56 Å². The van der Waals surface area contributed by atoms with E-state index in [1.165, 1.54) is 25.7 Å². The normalized spacial score (nSPS) is 15.7. The van der Waals surface area contributed by atoms with E-state index in [1.807, 2.05) is 12.1 Å². The van der Waals surface area contributed by atoms with Gasteiger partial charge in [-0.1, -0.05) is 47.3 Å². The number of halogens is 2. The highest BCUT2D eigenvalue weighted by Gasteiger charge is 2.16. The topological polar surface area (TPSA) is 51.0 Å². The molecule has 112 valence electrons. The highest BCUT2D eigenvalue weighted by Crippen LogP contribution is 2.23. The Morgan fingerprint density at radius 1 is 1.24 bits per heavy atom. The van der Waals surface area contributed by atoms with Gasteiger partial charge in [0.05, 0.1) is 6.54 Å². The molecule has 21 heavy (non-hydrogen) atoms. The van der Waals surface area contributed by atoms with Gasteiger partial charge in [0, 0.05) is 22.5 Å². The second-order valence-electron chi connectivity index (χ2n) is 5.38. The SMILES string of the molecule is Clc1ccc(Cc2noc(CNC3CCCC3)n2)c(Cl)c1. The Bertz CT molecular complexity index is 609. The quantitative estimate of drug-likeness (QED) is 0.902. The zero-order valence-electron chi connectivity index (χ0n) is 11.6. The van der Waals surface area contributed by atoms with Gasteiger partial charge >= 0.3 is 0 Å². The molecular formula is C15H17Cl2N3O. The standard InChI is InChI=1S/C15H17Cl2N3O/c16-11-6-5-10(13(17)8-11)7-14-19-15(21-20-14)9-18-12-3-1-2-4-12/h5-6,8,12,18H,1-4,7,9H2. The molecule has 1 aliphatic rings. The van der Waals surface area contributed by atoms with Gasteiger partial charge in [0.2, 0.25) is 5.89 Å². The van der Waals surface area contributed by atoms with E-state index >= 15 is 0 Å². The molecule has 0 radical (unpaired) electrons. The molecule has 1 N–H and O–H groups in total. The molecule has 6 heteroatoms. The van der Waals surface area contributed by atoms with Crippen molar-refractivity contribution >= 4 is 23.2 Å². The van der Waals surface area contributed by atoms with Crippen LogP contribution in [0.2, 0.25) is 10.0 Å². The lowest BCUT2D eigenvalue weighted by Gasteiger charge is -2.08. The summed E-state index contributed by atoms with van der Waals surface area (Å²) < 4.78 is 5.27. The van der Waals surface area contributed by atoms with Gasteiger partial charge in [-0.25, -0.2) is 0 Å². The van der Waals surface area contributed by atoms with Crippen LogP contribution < -0.4 is 5.32 Å². The second-order valence-corrected chi connectivity index (χ2v) is 6.22. The van der Waals surface area contributed by atoms with E-state index in [-0.39, 0.29) is 0 Å². The van der Waals surface area contributed by atoms with Gasteiger partial charge in [-0.2, -0.15) is 4.98 Å². The Kier molecular flexibility index (Phi) is 4.78. The first-order valence-corrected chi connectivity index (χ1v) is 7.95. The van der Waals surface area contributed by atoms with Gasteiger partial charge in [-0.3, -0.25) is 0 Å². The van der Waals surface area contributed by atoms with Crippen LogP contribution in [0.1, 0.15) is 43.0 Å². The molecule has 0 aliphatic heterocycles. The average Bonchev–Trinajstić information content (AvgIpc) is 3.11. The van der Waals surface area contributed by atoms with Crippen LogP contribution in [0.5, 0.6) is 0 Å². The summed E-state index contributed by atoms with van der Waals surface area (Å²) in [6.45, 7) is 0.631. The predicted octanol–water partition coefficient (Wildman–Crippen LogP) is 4.00. The molecule has 4 nitrogen and oxygen atoms in total. The monoisotopic (exact) mass is 325 g/mol. The van der Waals surface area contributed by atoms with Gasteiger partial charge in [0.15, 0.2) is 5.82 Å². The van der Waals surface area contributed by atoms with Gasteiger partial charge in [-0.05, 0) is 30.5 Å². The molecule has 1 aromatic heterocycles. The molecule has 0 unspecified atom stereocenters. The molecule has 0 spiro atoms. The van der Waals surface area contributed by atoms with E-state index in [1.54, 1.807) is 6.07 Å². The van der Waals surface area contributed by atoms with Gasteiger partial charge in [0.1, 0.15) is 0 Å². The molecule has 1 saturated carbocycles. The maximum atomic E-state index is 6.15. The lowest BCUT2D eigenvalue weighted by molar-refractivity contribution is 0.353. The van der Waals surface area contributed by atoms with Crippen molar-refractivity contribution in [3.8, 4) is 0 Å². The molecule has 0 saturated heterocycles. The fourth-order valence-corrected chi connectivity index (χ4v) is 3.11. The van der Waals surface area contributed by atoms with E-state index < -0.39 is 0 Å². The minimum absolute atomic E-state index is 0.545. The summed E-state index contributed by atoms with van der Waals surface area (Å²) in [6, 6.07) is 6.01. The molecular weight excluding hydrogens is 309 g/mol. The average molecular weight is 326 g/mol. The van der Waals surface area contributed by atoms with Crippen LogP contribution in [0.15, 0.2) is 22.7 Å². The van der Waals surface area contributed by atoms with Crippen LogP contribution in [0.25, 0.3) is 0 Å². The van der Waals surface area contributed by atoms with Crippen LogP contribution in [-0.4, -0.2) is 16.2 Å². The Labute approximate surface area is 133 Å². The number of nitrogens with one attached hydrogen (secondary N) is 1. The minimum atomic E-state index is 0.545. The van der Waals surface area contributed by atoms with Gasteiger partial charge in [-0.15, -0.1) is 0 Å². The maximum absolute atomic E-state index is 6.15.